The van der Waals surface area contributed by atoms with Crippen molar-refractivity contribution < 1.29 is 0 Å². The summed E-state index contributed by atoms with van der Waals surface area (Å²) in [7, 11) is 0. The molecule has 0 saturated carbocycles. The van der Waals surface area contributed by atoms with E-state index in [1.807, 2.05) is 25.1 Å². The largest absolute Gasteiger partial charge is 0.234 e. The molecule has 20 heavy (non-hydrogen) atoms. The molecule has 0 unspecified atom stereocenters. The molecule has 0 radical (unpaired) electrons. The molecule has 0 amide bonds. The summed E-state index contributed by atoms with van der Waals surface area (Å²) in [6.07, 6.45) is 0. The van der Waals surface area contributed by atoms with Gasteiger partial charge in [-0.25, -0.2) is 15.0 Å². The summed E-state index contributed by atoms with van der Waals surface area (Å²) in [6.45, 7) is 4.04. The summed E-state index contributed by atoms with van der Waals surface area (Å²) in [5, 5.41) is 2.08. The Morgan fingerprint density at radius 3 is 2.65 bits per heavy atom. The second kappa shape index (κ2) is 4.33. The Hall–Kier alpha value is -1.85. The highest BCUT2D eigenvalue weighted by atomic mass is 32.1. The number of hydrogen-bond acceptors (Lipinski definition) is 5. The summed E-state index contributed by atoms with van der Waals surface area (Å²) >= 11 is 3.39. The third-order valence-corrected chi connectivity index (χ3v) is 5.11. The molecule has 0 aliphatic heterocycles. The molecule has 4 aromatic rings. The molecule has 4 rings (SSSR count). The fourth-order valence-corrected chi connectivity index (χ4v) is 4.18. The molecular weight excluding hydrogens is 286 g/mol. The van der Waals surface area contributed by atoms with Crippen LogP contribution in [0.15, 0.2) is 30.3 Å². The lowest BCUT2D eigenvalue weighted by Crippen LogP contribution is -1.90. The molecule has 0 aliphatic carbocycles. The number of fused-ring (bicyclic) bond motifs is 2. The number of benzene rings is 1. The van der Waals surface area contributed by atoms with Crippen molar-refractivity contribution in [2.24, 2.45) is 0 Å². The van der Waals surface area contributed by atoms with Crippen LogP contribution in [0.5, 0.6) is 0 Å². The molecule has 1 aromatic carbocycles. The van der Waals surface area contributed by atoms with E-state index in [0.29, 0.717) is 0 Å². The molecule has 0 aliphatic rings. The highest BCUT2D eigenvalue weighted by Gasteiger charge is 2.14. The average Bonchev–Trinajstić information content (AvgIpc) is 2.99. The van der Waals surface area contributed by atoms with E-state index in [0.717, 1.165) is 32.3 Å². The van der Waals surface area contributed by atoms with E-state index in [4.69, 9.17) is 4.98 Å². The van der Waals surface area contributed by atoms with Crippen LogP contribution in [0, 0.1) is 13.8 Å². The molecule has 3 nitrogen and oxygen atoms in total. The van der Waals surface area contributed by atoms with E-state index in [1.54, 1.807) is 22.7 Å². The second-order valence-electron chi connectivity index (χ2n) is 4.68. The fourth-order valence-electron chi connectivity index (χ4n) is 2.29. The van der Waals surface area contributed by atoms with Gasteiger partial charge in [0.1, 0.15) is 21.4 Å². The lowest BCUT2D eigenvalue weighted by atomic mass is 10.2. The SMILES string of the molecule is Cc1nc(-c2nc3ccccc3s2)c2cc(C)sc2n1. The Morgan fingerprint density at radius 2 is 1.80 bits per heavy atom. The quantitative estimate of drug-likeness (QED) is 0.516. The highest BCUT2D eigenvalue weighted by molar-refractivity contribution is 7.22. The number of rotatable bonds is 1. The summed E-state index contributed by atoms with van der Waals surface area (Å²) in [6, 6.07) is 10.3. The van der Waals surface area contributed by atoms with Gasteiger partial charge in [-0.1, -0.05) is 12.1 Å². The molecule has 0 atom stereocenters. The fraction of sp³-hybridized carbons (Fsp3) is 0.133. The number of thiazole rings is 1. The van der Waals surface area contributed by atoms with Crippen molar-refractivity contribution in [3.63, 3.8) is 0 Å². The molecule has 3 heterocycles. The van der Waals surface area contributed by atoms with Crippen LogP contribution in [-0.2, 0) is 0 Å². The Bertz CT molecular complexity index is 904. The van der Waals surface area contributed by atoms with Crippen LogP contribution < -0.4 is 0 Å². The second-order valence-corrected chi connectivity index (χ2v) is 6.95. The first-order chi connectivity index (χ1) is 9.70. The summed E-state index contributed by atoms with van der Waals surface area (Å²) in [5.41, 5.74) is 1.99. The smallest absolute Gasteiger partial charge is 0.143 e. The minimum absolute atomic E-state index is 0.800. The maximum Gasteiger partial charge on any atom is 0.143 e. The first kappa shape index (κ1) is 11.9. The first-order valence-electron chi connectivity index (χ1n) is 6.31. The van der Waals surface area contributed by atoms with Gasteiger partial charge in [0.05, 0.1) is 10.2 Å². The minimum Gasteiger partial charge on any atom is -0.234 e. The number of para-hydroxylation sites is 1. The van der Waals surface area contributed by atoms with Crippen molar-refractivity contribution in [1.29, 1.82) is 0 Å². The predicted octanol–water partition coefficient (Wildman–Crippen LogP) is 4.58. The molecule has 0 N–H and O–H groups in total. The zero-order valence-electron chi connectivity index (χ0n) is 11.0. The highest BCUT2D eigenvalue weighted by Crippen LogP contribution is 2.35. The van der Waals surface area contributed by atoms with E-state index in [-0.39, 0.29) is 0 Å². The average molecular weight is 297 g/mol. The molecule has 98 valence electrons. The number of nitrogens with zero attached hydrogens (tertiary/aromatic N) is 3. The topological polar surface area (TPSA) is 38.7 Å². The number of aromatic nitrogens is 3. The van der Waals surface area contributed by atoms with Crippen LogP contribution in [0.2, 0.25) is 0 Å². The summed E-state index contributed by atoms with van der Waals surface area (Å²) < 4.78 is 1.19. The third kappa shape index (κ3) is 1.82. The maximum atomic E-state index is 4.72. The van der Waals surface area contributed by atoms with Crippen LogP contribution in [0.3, 0.4) is 0 Å². The monoisotopic (exact) mass is 297 g/mol. The summed E-state index contributed by atoms with van der Waals surface area (Å²) in [4.78, 5) is 16.2. The minimum atomic E-state index is 0.800. The van der Waals surface area contributed by atoms with Crippen molar-refractivity contribution in [2.75, 3.05) is 0 Å². The van der Waals surface area contributed by atoms with Gasteiger partial charge < -0.3 is 0 Å². The molecular formula is C15H11N3S2. The van der Waals surface area contributed by atoms with Crippen LogP contribution >= 0.6 is 22.7 Å². The normalized spacial score (nSPS) is 11.5. The number of aryl methyl sites for hydroxylation is 2. The molecule has 0 bridgehead atoms. The van der Waals surface area contributed by atoms with Gasteiger partial charge in [-0.05, 0) is 32.0 Å². The van der Waals surface area contributed by atoms with Crippen LogP contribution in [0.4, 0.5) is 0 Å². The van der Waals surface area contributed by atoms with Crippen LogP contribution in [0.1, 0.15) is 10.7 Å². The van der Waals surface area contributed by atoms with E-state index < -0.39 is 0 Å². The van der Waals surface area contributed by atoms with Crippen LogP contribution in [0.25, 0.3) is 31.1 Å². The first-order valence-corrected chi connectivity index (χ1v) is 7.95. The number of hydrogen-bond donors (Lipinski definition) is 0. The van der Waals surface area contributed by atoms with E-state index >= 15 is 0 Å². The van der Waals surface area contributed by atoms with Gasteiger partial charge >= 0.3 is 0 Å². The van der Waals surface area contributed by atoms with Gasteiger partial charge in [-0.15, -0.1) is 22.7 Å². The van der Waals surface area contributed by atoms with Crippen LogP contribution in [-0.4, -0.2) is 15.0 Å². The van der Waals surface area contributed by atoms with Gasteiger partial charge in [0.2, 0.25) is 0 Å². The Balaban J connectivity index is 2.05. The standard InChI is InChI=1S/C15H11N3S2/c1-8-7-10-13(16-9(2)17-14(10)19-8)15-18-11-5-3-4-6-12(11)20-15/h3-7H,1-2H3. The van der Waals surface area contributed by atoms with Gasteiger partial charge in [-0.3, -0.25) is 0 Å². The number of thiophene rings is 1. The van der Waals surface area contributed by atoms with Crippen molar-refractivity contribution in [3.8, 4) is 10.7 Å². The molecule has 0 saturated heterocycles. The van der Waals surface area contributed by atoms with E-state index in [2.05, 4.69) is 29.0 Å². The Labute approximate surface area is 124 Å². The Kier molecular flexibility index (Phi) is 2.58. The van der Waals surface area contributed by atoms with Gasteiger partial charge in [-0.2, -0.15) is 0 Å². The molecule has 3 aromatic heterocycles. The van der Waals surface area contributed by atoms with Gasteiger partial charge in [0.15, 0.2) is 0 Å². The maximum absolute atomic E-state index is 4.72. The lowest BCUT2D eigenvalue weighted by Gasteiger charge is -1.99. The van der Waals surface area contributed by atoms with Crippen molar-refractivity contribution in [1.82, 2.24) is 15.0 Å². The molecule has 5 heteroatoms. The van der Waals surface area contributed by atoms with E-state index in [1.165, 1.54) is 9.58 Å². The molecule has 0 spiro atoms. The van der Waals surface area contributed by atoms with E-state index in [9.17, 15) is 0 Å². The van der Waals surface area contributed by atoms with Crippen molar-refractivity contribution >= 4 is 43.1 Å². The third-order valence-electron chi connectivity index (χ3n) is 3.12. The van der Waals surface area contributed by atoms with Crippen molar-refractivity contribution in [3.05, 3.63) is 41.0 Å². The lowest BCUT2D eigenvalue weighted by molar-refractivity contribution is 1.10. The zero-order chi connectivity index (χ0) is 13.7. The van der Waals surface area contributed by atoms with Gasteiger partial charge in [0.25, 0.3) is 0 Å². The van der Waals surface area contributed by atoms with Gasteiger partial charge in [0, 0.05) is 10.3 Å². The van der Waals surface area contributed by atoms with Crippen molar-refractivity contribution in [2.45, 2.75) is 13.8 Å². The molecule has 0 fully saturated rings. The zero-order valence-corrected chi connectivity index (χ0v) is 12.7. The Morgan fingerprint density at radius 1 is 0.950 bits per heavy atom. The summed E-state index contributed by atoms with van der Waals surface area (Å²) in [5.74, 6) is 0.800. The predicted molar refractivity (Wildman–Crippen MR) is 85.5 cm³/mol.